The highest BCUT2D eigenvalue weighted by atomic mass is 32.2. The molecule has 2 aromatic rings. The van der Waals surface area contributed by atoms with E-state index in [2.05, 4.69) is 17.9 Å². The number of benzene rings is 2. The molecular formula is C24H31NO6S2. The van der Waals surface area contributed by atoms with Crippen LogP contribution in [0.25, 0.3) is 0 Å². The molecule has 0 radical (unpaired) electrons. The van der Waals surface area contributed by atoms with Gasteiger partial charge in [-0.05, 0) is 54.6 Å². The Morgan fingerprint density at radius 2 is 1.76 bits per heavy atom. The fourth-order valence-electron chi connectivity index (χ4n) is 3.11. The van der Waals surface area contributed by atoms with Gasteiger partial charge in [-0.2, -0.15) is 12.6 Å². The SMILES string of the molecule is CSc1ccc(NC(=O)O[C@H](c2ccc(OCCO)cc2)C(C)(C)CCOC(=O)CS)cc1. The van der Waals surface area contributed by atoms with Gasteiger partial charge in [0.25, 0.3) is 0 Å². The normalized spacial score (nSPS) is 12.0. The Hall–Kier alpha value is -2.36. The molecule has 0 fully saturated rings. The summed E-state index contributed by atoms with van der Waals surface area (Å²) in [7, 11) is 0. The van der Waals surface area contributed by atoms with E-state index in [1.165, 1.54) is 0 Å². The Balaban J connectivity index is 2.17. The number of ether oxygens (including phenoxy) is 3. The van der Waals surface area contributed by atoms with Crippen molar-refractivity contribution in [3.05, 3.63) is 54.1 Å². The summed E-state index contributed by atoms with van der Waals surface area (Å²) in [6.45, 7) is 4.19. The average molecular weight is 494 g/mol. The predicted octanol–water partition coefficient (Wildman–Crippen LogP) is 4.96. The van der Waals surface area contributed by atoms with Crippen LogP contribution in [-0.2, 0) is 14.3 Å². The Labute approximate surface area is 204 Å². The third kappa shape index (κ3) is 8.83. The van der Waals surface area contributed by atoms with E-state index in [0.29, 0.717) is 17.9 Å². The Morgan fingerprint density at radius 1 is 1.09 bits per heavy atom. The second-order valence-electron chi connectivity index (χ2n) is 7.90. The molecule has 1 amide bonds. The van der Waals surface area contributed by atoms with E-state index in [1.54, 1.807) is 23.9 Å². The van der Waals surface area contributed by atoms with Crippen LogP contribution in [0.1, 0.15) is 31.9 Å². The number of nitrogens with one attached hydrogen (secondary N) is 1. The van der Waals surface area contributed by atoms with Crippen LogP contribution in [0.5, 0.6) is 5.75 Å². The first-order valence-corrected chi connectivity index (χ1v) is 12.4. The van der Waals surface area contributed by atoms with E-state index in [-0.39, 0.29) is 25.6 Å². The molecule has 0 aromatic heterocycles. The number of thiol groups is 1. The zero-order valence-electron chi connectivity index (χ0n) is 19.1. The summed E-state index contributed by atoms with van der Waals surface area (Å²) in [5, 5.41) is 11.7. The van der Waals surface area contributed by atoms with Gasteiger partial charge in [0.2, 0.25) is 0 Å². The number of rotatable bonds is 12. The number of amides is 1. The smallest absolute Gasteiger partial charge is 0.412 e. The molecule has 1 atom stereocenters. The molecule has 0 saturated heterocycles. The molecule has 33 heavy (non-hydrogen) atoms. The topological polar surface area (TPSA) is 94.1 Å². The van der Waals surface area contributed by atoms with Crippen molar-refractivity contribution < 1.29 is 28.9 Å². The van der Waals surface area contributed by atoms with Crippen LogP contribution >= 0.6 is 24.4 Å². The van der Waals surface area contributed by atoms with E-state index in [1.807, 2.05) is 56.5 Å². The van der Waals surface area contributed by atoms with Crippen molar-refractivity contribution >= 4 is 42.1 Å². The summed E-state index contributed by atoms with van der Waals surface area (Å²) < 4.78 is 16.5. The van der Waals surface area contributed by atoms with Crippen molar-refractivity contribution in [1.82, 2.24) is 0 Å². The van der Waals surface area contributed by atoms with Gasteiger partial charge in [-0.25, -0.2) is 4.79 Å². The lowest BCUT2D eigenvalue weighted by Crippen LogP contribution is -2.30. The summed E-state index contributed by atoms with van der Waals surface area (Å²) >= 11 is 5.53. The van der Waals surface area contributed by atoms with Crippen LogP contribution in [-0.4, -0.2) is 49.0 Å². The molecule has 9 heteroatoms. The monoisotopic (exact) mass is 493 g/mol. The highest BCUT2D eigenvalue weighted by Gasteiger charge is 2.34. The van der Waals surface area contributed by atoms with Crippen molar-refractivity contribution in [2.24, 2.45) is 5.41 Å². The van der Waals surface area contributed by atoms with Gasteiger partial charge >= 0.3 is 12.1 Å². The van der Waals surface area contributed by atoms with Gasteiger partial charge in [0.05, 0.1) is 19.0 Å². The lowest BCUT2D eigenvalue weighted by molar-refractivity contribution is -0.141. The van der Waals surface area contributed by atoms with Crippen molar-refractivity contribution in [1.29, 1.82) is 0 Å². The third-order valence-electron chi connectivity index (χ3n) is 4.95. The molecule has 0 aliphatic rings. The number of thioether (sulfide) groups is 1. The van der Waals surface area contributed by atoms with E-state index in [4.69, 9.17) is 19.3 Å². The standard InChI is InChI=1S/C24H31NO6S2/c1-24(2,12-14-30-21(27)16-32)22(17-4-8-19(9-5-17)29-15-13-26)31-23(28)25-18-6-10-20(33-3)11-7-18/h4-11,22,26,32H,12-16H2,1-3H3,(H,25,28)/t22-/m1/s1. The van der Waals surface area contributed by atoms with E-state index >= 15 is 0 Å². The van der Waals surface area contributed by atoms with Crippen LogP contribution in [0.15, 0.2) is 53.4 Å². The number of hydrogen-bond donors (Lipinski definition) is 3. The number of carbonyl (C=O) groups excluding carboxylic acids is 2. The molecular weight excluding hydrogens is 462 g/mol. The zero-order chi connectivity index (χ0) is 24.3. The first-order chi connectivity index (χ1) is 15.8. The third-order valence-corrected chi connectivity index (χ3v) is 5.95. The van der Waals surface area contributed by atoms with Crippen LogP contribution in [0.2, 0.25) is 0 Å². The second kappa shape index (κ2) is 13.4. The largest absolute Gasteiger partial charge is 0.491 e. The first kappa shape index (κ1) is 26.9. The lowest BCUT2D eigenvalue weighted by Gasteiger charge is -2.34. The quantitative estimate of drug-likeness (QED) is 0.219. The fourth-order valence-corrected chi connectivity index (χ4v) is 3.61. The zero-order valence-corrected chi connectivity index (χ0v) is 20.8. The van der Waals surface area contributed by atoms with E-state index in [0.717, 1.165) is 10.5 Å². The van der Waals surface area contributed by atoms with Gasteiger partial charge in [0.1, 0.15) is 18.5 Å². The van der Waals surface area contributed by atoms with E-state index in [9.17, 15) is 9.59 Å². The van der Waals surface area contributed by atoms with Gasteiger partial charge in [0, 0.05) is 16.0 Å². The maximum atomic E-state index is 12.7. The molecule has 0 saturated carbocycles. The van der Waals surface area contributed by atoms with Crippen molar-refractivity contribution in [3.8, 4) is 5.75 Å². The number of anilines is 1. The summed E-state index contributed by atoms with van der Waals surface area (Å²) in [4.78, 5) is 25.3. The molecule has 0 aliphatic heterocycles. The average Bonchev–Trinajstić information content (AvgIpc) is 2.81. The molecule has 2 N–H and O–H groups in total. The number of hydrogen-bond acceptors (Lipinski definition) is 8. The van der Waals surface area contributed by atoms with Crippen LogP contribution in [0.4, 0.5) is 10.5 Å². The molecule has 0 heterocycles. The number of carbonyl (C=O) groups is 2. The number of esters is 1. The van der Waals surface area contributed by atoms with Gasteiger partial charge in [-0.15, -0.1) is 11.8 Å². The summed E-state index contributed by atoms with van der Waals surface area (Å²) in [6.07, 6.45) is 1.25. The minimum Gasteiger partial charge on any atom is -0.491 e. The van der Waals surface area contributed by atoms with Gasteiger partial charge < -0.3 is 19.3 Å². The minimum absolute atomic E-state index is 0.00733. The molecule has 0 bridgehead atoms. The Kier molecular flexibility index (Phi) is 10.9. The summed E-state index contributed by atoms with van der Waals surface area (Å²) in [6, 6.07) is 14.6. The number of aliphatic hydroxyl groups is 1. The molecule has 2 rings (SSSR count). The lowest BCUT2D eigenvalue weighted by atomic mass is 9.80. The second-order valence-corrected chi connectivity index (χ2v) is 9.09. The first-order valence-electron chi connectivity index (χ1n) is 10.5. The molecule has 0 aliphatic carbocycles. The summed E-state index contributed by atoms with van der Waals surface area (Å²) in [5.41, 5.74) is 0.847. The van der Waals surface area contributed by atoms with Gasteiger partial charge in [-0.3, -0.25) is 10.1 Å². The Morgan fingerprint density at radius 3 is 2.33 bits per heavy atom. The minimum atomic E-state index is -0.621. The number of aliphatic hydroxyl groups excluding tert-OH is 1. The van der Waals surface area contributed by atoms with Gasteiger partial charge in [-0.1, -0.05) is 26.0 Å². The molecule has 0 unspecified atom stereocenters. The maximum absolute atomic E-state index is 12.7. The van der Waals surface area contributed by atoms with Crippen molar-refractivity contribution in [3.63, 3.8) is 0 Å². The highest BCUT2D eigenvalue weighted by molar-refractivity contribution is 7.98. The van der Waals surface area contributed by atoms with Crippen molar-refractivity contribution in [2.75, 3.05) is 37.1 Å². The fraction of sp³-hybridized carbons (Fsp3) is 0.417. The molecule has 2 aromatic carbocycles. The summed E-state index contributed by atoms with van der Waals surface area (Å²) in [5.74, 6) is 0.210. The van der Waals surface area contributed by atoms with Crippen LogP contribution in [0, 0.1) is 5.41 Å². The van der Waals surface area contributed by atoms with Gasteiger partial charge in [0.15, 0.2) is 0 Å². The molecule has 180 valence electrons. The Bertz CT molecular complexity index is 887. The highest BCUT2D eigenvalue weighted by Crippen LogP contribution is 2.40. The van der Waals surface area contributed by atoms with Crippen LogP contribution < -0.4 is 10.1 Å². The maximum Gasteiger partial charge on any atom is 0.412 e. The molecule has 7 nitrogen and oxygen atoms in total. The van der Waals surface area contributed by atoms with E-state index < -0.39 is 23.6 Å². The molecule has 0 spiro atoms. The van der Waals surface area contributed by atoms with Crippen molar-refractivity contribution in [2.45, 2.75) is 31.3 Å². The predicted molar refractivity (Wildman–Crippen MR) is 133 cm³/mol. The van der Waals surface area contributed by atoms with Crippen LogP contribution in [0.3, 0.4) is 0 Å².